The summed E-state index contributed by atoms with van der Waals surface area (Å²) in [7, 11) is 0. The van der Waals surface area contributed by atoms with E-state index in [1.165, 1.54) is 59.9 Å². The number of rotatable bonds is 8. The molecule has 0 aromatic heterocycles. The van der Waals surface area contributed by atoms with Crippen molar-refractivity contribution in [1.29, 1.82) is 0 Å². The van der Waals surface area contributed by atoms with E-state index in [2.05, 4.69) is 54.8 Å². The minimum absolute atomic E-state index is 0.211. The van der Waals surface area contributed by atoms with Gasteiger partial charge in [0.2, 0.25) is 0 Å². The van der Waals surface area contributed by atoms with Gasteiger partial charge in [0.25, 0.3) is 0 Å². The standard InChI is InChI=1S/C21H27NS2/c1-3-4-5-6-7-8-13-20(23)22-16(2)24-19-15-14-17-11-9-10-12-18(17)21(19)22/h9-12,14-15,20,23H,2-8,13H2,1H3. The van der Waals surface area contributed by atoms with Crippen LogP contribution in [-0.2, 0) is 0 Å². The van der Waals surface area contributed by atoms with Gasteiger partial charge in [0.05, 0.1) is 16.1 Å². The normalized spacial score (nSPS) is 15.1. The Hall–Kier alpha value is -1.06. The molecule has 0 N–H and O–H groups in total. The lowest BCUT2D eigenvalue weighted by atomic mass is 10.1. The number of thioether (sulfide) groups is 1. The van der Waals surface area contributed by atoms with Crippen molar-refractivity contribution >= 4 is 40.9 Å². The van der Waals surface area contributed by atoms with E-state index in [0.29, 0.717) is 0 Å². The molecule has 2 aromatic carbocycles. The van der Waals surface area contributed by atoms with E-state index in [0.717, 1.165) is 11.4 Å². The first-order valence-electron chi connectivity index (χ1n) is 9.08. The molecule has 1 unspecified atom stereocenters. The third-order valence-corrected chi connectivity index (χ3v) is 6.19. The molecule has 1 aliphatic heterocycles. The van der Waals surface area contributed by atoms with Crippen LogP contribution in [0.25, 0.3) is 10.8 Å². The highest BCUT2D eigenvalue weighted by Crippen LogP contribution is 2.50. The fourth-order valence-electron chi connectivity index (χ4n) is 3.42. The lowest BCUT2D eigenvalue weighted by molar-refractivity contribution is 0.582. The molecule has 3 heteroatoms. The molecule has 0 radical (unpaired) electrons. The van der Waals surface area contributed by atoms with Crippen LogP contribution in [0.3, 0.4) is 0 Å². The summed E-state index contributed by atoms with van der Waals surface area (Å²) in [6, 6.07) is 13.0. The zero-order chi connectivity index (χ0) is 16.9. The first-order valence-corrected chi connectivity index (χ1v) is 10.4. The van der Waals surface area contributed by atoms with Crippen molar-refractivity contribution in [3.8, 4) is 0 Å². The van der Waals surface area contributed by atoms with Crippen molar-refractivity contribution in [2.24, 2.45) is 0 Å². The molecule has 0 saturated carbocycles. The Bertz CT molecular complexity index is 710. The topological polar surface area (TPSA) is 3.24 Å². The molecule has 0 fully saturated rings. The average molecular weight is 358 g/mol. The first-order chi connectivity index (χ1) is 11.7. The van der Waals surface area contributed by atoms with Crippen molar-refractivity contribution in [1.82, 2.24) is 0 Å². The van der Waals surface area contributed by atoms with Gasteiger partial charge in [-0.2, -0.15) is 12.6 Å². The maximum absolute atomic E-state index is 4.93. The van der Waals surface area contributed by atoms with Crippen molar-refractivity contribution in [2.45, 2.75) is 62.1 Å². The van der Waals surface area contributed by atoms with Crippen LogP contribution in [0.15, 0.2) is 52.9 Å². The molecule has 1 heterocycles. The third kappa shape index (κ3) is 3.78. The van der Waals surface area contributed by atoms with E-state index in [9.17, 15) is 0 Å². The van der Waals surface area contributed by atoms with Crippen LogP contribution in [0.5, 0.6) is 0 Å². The van der Waals surface area contributed by atoms with Gasteiger partial charge in [0.1, 0.15) is 0 Å². The van der Waals surface area contributed by atoms with Crippen molar-refractivity contribution in [3.05, 3.63) is 48.0 Å². The third-order valence-electron chi connectivity index (χ3n) is 4.71. The second kappa shape index (κ2) is 8.35. The lowest BCUT2D eigenvalue weighted by Gasteiger charge is -2.27. The SMILES string of the molecule is C=C1Sc2ccc3ccccc3c2N1C(S)CCCCCCCC. The van der Waals surface area contributed by atoms with Crippen LogP contribution in [0, 0.1) is 0 Å². The Kier molecular flexibility index (Phi) is 6.18. The molecule has 0 amide bonds. The second-order valence-corrected chi connectivity index (χ2v) is 8.25. The Morgan fingerprint density at radius 1 is 1.04 bits per heavy atom. The first kappa shape index (κ1) is 17.8. The molecule has 1 atom stereocenters. The second-order valence-electron chi connectivity index (χ2n) is 6.54. The zero-order valence-electron chi connectivity index (χ0n) is 14.5. The van der Waals surface area contributed by atoms with Crippen molar-refractivity contribution in [3.63, 3.8) is 0 Å². The smallest absolute Gasteiger partial charge is 0.0775 e. The lowest BCUT2D eigenvalue weighted by Crippen LogP contribution is -2.26. The number of hydrogen-bond acceptors (Lipinski definition) is 3. The van der Waals surface area contributed by atoms with Crippen LogP contribution >= 0.6 is 24.4 Å². The van der Waals surface area contributed by atoms with Crippen LogP contribution in [0.4, 0.5) is 5.69 Å². The molecule has 1 aliphatic rings. The fourth-order valence-corrected chi connectivity index (χ4v) is 4.95. The molecular weight excluding hydrogens is 330 g/mol. The predicted octanol–water partition coefficient (Wildman–Crippen LogP) is 7.23. The molecule has 1 nitrogen and oxygen atoms in total. The molecule has 2 aromatic rings. The van der Waals surface area contributed by atoms with Gasteiger partial charge in [0, 0.05) is 10.3 Å². The molecule has 0 spiro atoms. The van der Waals surface area contributed by atoms with Crippen LogP contribution < -0.4 is 4.90 Å². The Labute approximate surface area is 155 Å². The van der Waals surface area contributed by atoms with Gasteiger partial charge in [0.15, 0.2) is 0 Å². The Morgan fingerprint density at radius 3 is 2.62 bits per heavy atom. The fraction of sp³-hybridized carbons (Fsp3) is 0.429. The quantitative estimate of drug-likeness (QED) is 0.392. The average Bonchev–Trinajstić information content (AvgIpc) is 2.94. The predicted molar refractivity (Wildman–Crippen MR) is 112 cm³/mol. The monoisotopic (exact) mass is 357 g/mol. The maximum Gasteiger partial charge on any atom is 0.0775 e. The van der Waals surface area contributed by atoms with Gasteiger partial charge in [-0.25, -0.2) is 0 Å². The van der Waals surface area contributed by atoms with Crippen LogP contribution in [0.2, 0.25) is 0 Å². The summed E-state index contributed by atoms with van der Waals surface area (Å²) in [5.41, 5.74) is 1.30. The Balaban J connectivity index is 1.71. The van der Waals surface area contributed by atoms with Gasteiger partial charge in [-0.15, -0.1) is 0 Å². The summed E-state index contributed by atoms with van der Waals surface area (Å²) in [5.74, 6) is 0. The number of unbranched alkanes of at least 4 members (excludes halogenated alkanes) is 5. The number of hydrogen-bond donors (Lipinski definition) is 1. The van der Waals surface area contributed by atoms with E-state index in [4.69, 9.17) is 12.6 Å². The van der Waals surface area contributed by atoms with Gasteiger partial charge in [-0.1, -0.05) is 94.1 Å². The van der Waals surface area contributed by atoms with E-state index in [1.54, 1.807) is 11.8 Å². The molecule has 128 valence electrons. The molecule has 0 bridgehead atoms. The highest BCUT2D eigenvalue weighted by molar-refractivity contribution is 8.03. The van der Waals surface area contributed by atoms with E-state index < -0.39 is 0 Å². The van der Waals surface area contributed by atoms with E-state index in [-0.39, 0.29) is 5.37 Å². The minimum Gasteiger partial charge on any atom is -0.323 e. The van der Waals surface area contributed by atoms with Crippen LogP contribution in [0.1, 0.15) is 51.9 Å². The van der Waals surface area contributed by atoms with Crippen molar-refractivity contribution in [2.75, 3.05) is 4.90 Å². The van der Waals surface area contributed by atoms with E-state index >= 15 is 0 Å². The highest BCUT2D eigenvalue weighted by Gasteiger charge is 2.29. The number of anilines is 1. The minimum atomic E-state index is 0.211. The molecule has 3 rings (SSSR count). The van der Waals surface area contributed by atoms with Crippen LogP contribution in [-0.4, -0.2) is 5.37 Å². The maximum atomic E-state index is 4.93. The van der Waals surface area contributed by atoms with Gasteiger partial charge < -0.3 is 4.90 Å². The summed E-state index contributed by atoms with van der Waals surface area (Å²) in [4.78, 5) is 3.65. The summed E-state index contributed by atoms with van der Waals surface area (Å²) in [5, 5.41) is 3.91. The van der Waals surface area contributed by atoms with Gasteiger partial charge in [-0.3, -0.25) is 0 Å². The number of fused-ring (bicyclic) bond motifs is 3. The summed E-state index contributed by atoms with van der Waals surface area (Å²) in [6.45, 7) is 6.55. The highest BCUT2D eigenvalue weighted by atomic mass is 32.2. The molecule has 0 aliphatic carbocycles. The number of thiol groups is 1. The summed E-state index contributed by atoms with van der Waals surface area (Å²) < 4.78 is 0. The largest absolute Gasteiger partial charge is 0.323 e. The van der Waals surface area contributed by atoms with E-state index in [1.807, 2.05) is 0 Å². The number of nitrogens with zero attached hydrogens (tertiary/aromatic N) is 1. The number of benzene rings is 2. The van der Waals surface area contributed by atoms with Crippen molar-refractivity contribution < 1.29 is 0 Å². The molecular formula is C21H27NS2. The van der Waals surface area contributed by atoms with Gasteiger partial charge in [-0.05, 0) is 17.9 Å². The summed E-state index contributed by atoms with van der Waals surface area (Å²) in [6.07, 6.45) is 9.06. The van der Waals surface area contributed by atoms with Gasteiger partial charge >= 0.3 is 0 Å². The Morgan fingerprint density at radius 2 is 1.79 bits per heavy atom. The zero-order valence-corrected chi connectivity index (χ0v) is 16.2. The molecule has 24 heavy (non-hydrogen) atoms. The summed E-state index contributed by atoms with van der Waals surface area (Å²) >= 11 is 6.71. The molecule has 0 saturated heterocycles.